The molecular weight excluding hydrogens is 582 g/mol. The number of carbonyl (C=O) groups is 2. The van der Waals surface area contributed by atoms with E-state index >= 15 is 0 Å². The van der Waals surface area contributed by atoms with Gasteiger partial charge >= 0.3 is 11.9 Å². The Kier molecular flexibility index (Phi) is 15.6. The minimum absolute atomic E-state index is 0.184. The number of nitrogens with zero attached hydrogens (tertiary/aromatic N) is 5. The van der Waals surface area contributed by atoms with Crippen LogP contribution >= 0.6 is 0 Å². The number of rotatable bonds is 23. The summed E-state index contributed by atoms with van der Waals surface area (Å²) >= 11 is 0. The van der Waals surface area contributed by atoms with Gasteiger partial charge in [0.1, 0.15) is 6.54 Å². The highest BCUT2D eigenvalue weighted by Gasteiger charge is 2.52. The van der Waals surface area contributed by atoms with Crippen molar-refractivity contribution in [2.75, 3.05) is 27.2 Å². The van der Waals surface area contributed by atoms with Crippen molar-refractivity contribution in [2.45, 2.75) is 129 Å². The molecule has 0 aliphatic carbocycles. The van der Waals surface area contributed by atoms with Gasteiger partial charge in [0.15, 0.2) is 0 Å². The Labute approximate surface area is 284 Å². The lowest BCUT2D eigenvalue weighted by Crippen LogP contribution is -2.61. The summed E-state index contributed by atoms with van der Waals surface area (Å²) in [6, 6.07) is 20.2. The number of hydrogen-bond acceptors (Lipinski definition) is 4. The van der Waals surface area contributed by atoms with Crippen LogP contribution in [0.15, 0.2) is 65.7 Å². The van der Waals surface area contributed by atoms with Gasteiger partial charge in [0, 0.05) is 27.2 Å². The molecule has 2 heterocycles. The maximum Gasteiger partial charge on any atom is 0.333 e. The van der Waals surface area contributed by atoms with E-state index in [2.05, 4.69) is 64.9 Å². The number of urea groups is 1. The van der Waals surface area contributed by atoms with Crippen LogP contribution in [0.2, 0.25) is 0 Å². The fourth-order valence-electron chi connectivity index (χ4n) is 6.91. The SMILES string of the molecule is CCCCCCCCCCCCCCCCCC[N+]1=C(CN(Cc2ccccc2)Cc2ccccc2)N=C2C1C(=O)N(C)C(=O)N2C. The van der Waals surface area contributed by atoms with Crippen LogP contribution in [0.3, 0.4) is 0 Å². The zero-order chi connectivity index (χ0) is 33.3. The van der Waals surface area contributed by atoms with Crippen molar-refractivity contribution in [3.05, 3.63) is 71.8 Å². The van der Waals surface area contributed by atoms with E-state index in [1.807, 2.05) is 12.1 Å². The number of imide groups is 1. The molecule has 2 aliphatic rings. The number of amidine groups is 2. The summed E-state index contributed by atoms with van der Waals surface area (Å²) in [6.45, 7) is 5.18. The largest absolute Gasteiger partial charge is 0.333 e. The monoisotopic (exact) mass is 642 g/mol. The van der Waals surface area contributed by atoms with Crippen molar-refractivity contribution in [1.82, 2.24) is 14.7 Å². The zero-order valence-electron chi connectivity index (χ0n) is 29.5. The summed E-state index contributed by atoms with van der Waals surface area (Å²) in [5.74, 6) is 1.25. The second kappa shape index (κ2) is 20.1. The van der Waals surface area contributed by atoms with Crippen LogP contribution in [0.25, 0.3) is 0 Å². The van der Waals surface area contributed by atoms with Gasteiger partial charge in [-0.1, -0.05) is 157 Å². The Hall–Kier alpha value is -3.32. The number of carbonyl (C=O) groups excluding carboxylic acids is 2. The highest BCUT2D eigenvalue weighted by atomic mass is 16.2. The van der Waals surface area contributed by atoms with E-state index in [1.54, 1.807) is 19.0 Å². The van der Waals surface area contributed by atoms with E-state index in [1.165, 1.54) is 106 Å². The van der Waals surface area contributed by atoms with Crippen molar-refractivity contribution < 1.29 is 14.2 Å². The first-order chi connectivity index (χ1) is 23.0. The van der Waals surface area contributed by atoms with Crippen LogP contribution < -0.4 is 0 Å². The van der Waals surface area contributed by atoms with Gasteiger partial charge in [-0.2, -0.15) is 0 Å². The van der Waals surface area contributed by atoms with Gasteiger partial charge < -0.3 is 0 Å². The fraction of sp³-hybridized carbons (Fsp3) is 0.600. The molecule has 0 saturated carbocycles. The molecule has 0 N–H and O–H groups in total. The van der Waals surface area contributed by atoms with Crippen LogP contribution in [0.5, 0.6) is 0 Å². The van der Waals surface area contributed by atoms with Crippen LogP contribution in [-0.4, -0.2) is 76.1 Å². The number of amides is 3. The van der Waals surface area contributed by atoms with Gasteiger partial charge in [0.2, 0.25) is 0 Å². The highest BCUT2D eigenvalue weighted by Crippen LogP contribution is 2.22. The lowest BCUT2D eigenvalue weighted by atomic mass is 10.0. The normalized spacial score (nSPS) is 16.4. The van der Waals surface area contributed by atoms with Crippen molar-refractivity contribution in [1.29, 1.82) is 0 Å². The molecule has 4 rings (SSSR count). The van der Waals surface area contributed by atoms with Gasteiger partial charge in [-0.05, 0) is 29.0 Å². The first-order valence-corrected chi connectivity index (χ1v) is 18.6. The van der Waals surface area contributed by atoms with Crippen molar-refractivity contribution >= 4 is 23.6 Å². The summed E-state index contributed by atoms with van der Waals surface area (Å²) in [6.07, 6.45) is 21.3. The predicted octanol–water partition coefficient (Wildman–Crippen LogP) is 8.67. The molecule has 1 fully saturated rings. The summed E-state index contributed by atoms with van der Waals surface area (Å²) in [7, 11) is 3.32. The Balaban J connectivity index is 1.30. The third-order valence-electron chi connectivity index (χ3n) is 9.73. The Morgan fingerprint density at radius 1 is 0.617 bits per heavy atom. The molecule has 256 valence electrons. The molecule has 0 radical (unpaired) electrons. The Morgan fingerprint density at radius 3 is 1.53 bits per heavy atom. The van der Waals surface area contributed by atoms with E-state index in [0.29, 0.717) is 12.4 Å². The first kappa shape index (κ1) is 36.5. The molecule has 2 aliphatic heterocycles. The lowest BCUT2D eigenvalue weighted by molar-refractivity contribution is -0.537. The second-order valence-corrected chi connectivity index (χ2v) is 13.6. The topological polar surface area (TPSA) is 59.2 Å². The summed E-state index contributed by atoms with van der Waals surface area (Å²) in [5.41, 5.74) is 2.47. The van der Waals surface area contributed by atoms with Gasteiger partial charge in [-0.3, -0.25) is 19.5 Å². The Bertz CT molecular complexity index is 1250. The zero-order valence-corrected chi connectivity index (χ0v) is 29.5. The van der Waals surface area contributed by atoms with E-state index in [-0.39, 0.29) is 11.9 Å². The van der Waals surface area contributed by atoms with Crippen molar-refractivity contribution in [2.24, 2.45) is 4.99 Å². The van der Waals surface area contributed by atoms with Crippen LogP contribution in [0.1, 0.15) is 121 Å². The van der Waals surface area contributed by atoms with Crippen LogP contribution in [0, 0.1) is 0 Å². The molecule has 1 saturated heterocycles. The van der Waals surface area contributed by atoms with Crippen LogP contribution in [-0.2, 0) is 17.9 Å². The number of unbranched alkanes of at least 4 members (excludes halogenated alkanes) is 15. The third-order valence-corrected chi connectivity index (χ3v) is 9.73. The molecule has 0 bridgehead atoms. The van der Waals surface area contributed by atoms with Gasteiger partial charge in [0.05, 0.1) is 6.54 Å². The molecule has 2 aromatic rings. The van der Waals surface area contributed by atoms with E-state index < -0.39 is 6.04 Å². The number of hydrogen-bond donors (Lipinski definition) is 0. The lowest BCUT2D eigenvalue weighted by Gasteiger charge is -2.30. The molecule has 0 spiro atoms. The molecule has 2 aromatic carbocycles. The van der Waals surface area contributed by atoms with Gasteiger partial charge in [-0.15, -0.1) is 0 Å². The quantitative estimate of drug-likeness (QED) is 0.0901. The Morgan fingerprint density at radius 2 is 1.06 bits per heavy atom. The maximum atomic E-state index is 13.5. The molecule has 1 unspecified atom stereocenters. The minimum Gasteiger partial charge on any atom is -0.284 e. The second-order valence-electron chi connectivity index (χ2n) is 13.6. The number of aliphatic imine (C=N–C) groups is 1. The molecule has 0 aromatic heterocycles. The summed E-state index contributed by atoms with van der Waals surface area (Å²) < 4.78 is 2.18. The standard InChI is InChI=1S/C40H60N5O2/c1-4-5-6-7-8-9-10-11-12-13-14-15-16-17-18-25-30-45-36(41-38-37(45)39(46)43(3)40(47)42(38)2)33-44(31-34-26-21-19-22-27-34)32-35-28-23-20-24-29-35/h19-24,26-29,37H,4-18,25,30-33H2,1-3H3/q+1. The molecule has 1 atom stereocenters. The predicted molar refractivity (Wildman–Crippen MR) is 194 cm³/mol. The smallest absolute Gasteiger partial charge is 0.284 e. The van der Waals surface area contributed by atoms with Crippen LogP contribution in [0.4, 0.5) is 4.79 Å². The van der Waals surface area contributed by atoms with E-state index in [4.69, 9.17) is 4.99 Å². The van der Waals surface area contributed by atoms with E-state index in [9.17, 15) is 9.59 Å². The maximum absolute atomic E-state index is 13.5. The molecular formula is C40H60N5O2+. The average molecular weight is 643 g/mol. The molecule has 47 heavy (non-hydrogen) atoms. The third kappa shape index (κ3) is 11.4. The number of benzene rings is 2. The van der Waals surface area contributed by atoms with Crippen molar-refractivity contribution in [3.8, 4) is 0 Å². The number of fused-ring (bicyclic) bond motifs is 1. The summed E-state index contributed by atoms with van der Waals surface area (Å²) in [4.78, 5) is 36.5. The van der Waals surface area contributed by atoms with Gasteiger partial charge in [0.25, 0.3) is 17.8 Å². The number of likely N-dealkylation sites (N-methyl/N-ethyl adjacent to an activating group) is 2. The highest BCUT2D eigenvalue weighted by molar-refractivity contribution is 6.23. The van der Waals surface area contributed by atoms with E-state index in [0.717, 1.165) is 38.3 Å². The first-order valence-electron chi connectivity index (χ1n) is 18.6. The molecule has 7 heteroatoms. The molecule has 3 amide bonds. The minimum atomic E-state index is -0.538. The van der Waals surface area contributed by atoms with Crippen molar-refractivity contribution in [3.63, 3.8) is 0 Å². The fourth-order valence-corrected chi connectivity index (χ4v) is 6.91. The average Bonchev–Trinajstić information content (AvgIpc) is 3.44. The van der Waals surface area contributed by atoms with Gasteiger partial charge in [-0.25, -0.2) is 9.37 Å². The summed E-state index contributed by atoms with van der Waals surface area (Å²) in [5, 5.41) is 0. The molecule has 7 nitrogen and oxygen atoms in total.